The Morgan fingerprint density at radius 3 is 2.06 bits per heavy atom. The monoisotopic (exact) mass is 275 g/mol. The summed E-state index contributed by atoms with van der Waals surface area (Å²) in [5, 5.41) is 9.98. The van der Waals surface area contributed by atoms with Crippen molar-refractivity contribution in [2.24, 2.45) is 0 Å². The third-order valence-electron chi connectivity index (χ3n) is 4.35. The van der Waals surface area contributed by atoms with E-state index in [9.17, 15) is 5.11 Å². The fourth-order valence-electron chi connectivity index (χ4n) is 3.68. The van der Waals surface area contributed by atoms with E-state index in [0.717, 1.165) is 0 Å². The second-order valence-electron chi connectivity index (χ2n) is 7.82. The van der Waals surface area contributed by atoms with Crippen molar-refractivity contribution in [3.05, 3.63) is 0 Å². The normalized spacial score (nSPS) is 38.3. The first-order valence-corrected chi connectivity index (χ1v) is 8.94. The predicted molar refractivity (Wildman–Crippen MR) is 73.2 cm³/mol. The van der Waals surface area contributed by atoms with Crippen LogP contribution < -0.4 is 0 Å². The molecule has 4 nitrogen and oxygen atoms in total. The maximum atomic E-state index is 10.0. The van der Waals surface area contributed by atoms with Crippen molar-refractivity contribution >= 4 is 8.56 Å². The van der Waals surface area contributed by atoms with Crippen molar-refractivity contribution in [3.63, 3.8) is 0 Å². The molecule has 0 radical (unpaired) electrons. The van der Waals surface area contributed by atoms with E-state index >= 15 is 0 Å². The molecule has 108 valence electrons. The third kappa shape index (κ3) is 2.06. The van der Waals surface area contributed by atoms with E-state index in [-0.39, 0.29) is 22.3 Å². The number of hydrogen-bond acceptors (Lipinski definition) is 4. The van der Waals surface area contributed by atoms with Gasteiger partial charge in [-0.25, -0.2) is 0 Å². The van der Waals surface area contributed by atoms with Crippen LogP contribution in [-0.4, -0.2) is 45.2 Å². The van der Waals surface area contributed by atoms with Gasteiger partial charge in [-0.2, -0.15) is 0 Å². The van der Waals surface area contributed by atoms with Gasteiger partial charge in [-0.05, 0) is 0 Å². The fourth-order valence-corrected chi connectivity index (χ4v) is 9.43. The molecule has 2 aliphatic rings. The van der Waals surface area contributed by atoms with Gasteiger partial charge in [0, 0.05) is 0 Å². The van der Waals surface area contributed by atoms with E-state index < -0.39 is 14.7 Å². The molecule has 0 spiro atoms. The van der Waals surface area contributed by atoms with Crippen LogP contribution in [0.15, 0.2) is 0 Å². The first kappa shape index (κ1) is 14.5. The third-order valence-corrected chi connectivity index (χ3v) is 10.3. The minimum absolute atomic E-state index is 0.0153. The van der Waals surface area contributed by atoms with Crippen LogP contribution in [0, 0.1) is 0 Å². The molecule has 2 heterocycles. The first-order chi connectivity index (χ1) is 8.08. The molecule has 0 saturated carbocycles. The van der Waals surface area contributed by atoms with Crippen molar-refractivity contribution in [1.82, 2.24) is 0 Å². The number of aliphatic hydroxyl groups excluding tert-OH is 1. The van der Waals surface area contributed by atoms with Crippen LogP contribution in [0.5, 0.6) is 0 Å². The average Bonchev–Trinajstić information content (AvgIpc) is 2.56. The molecule has 0 aliphatic carbocycles. The molecule has 2 rings (SSSR count). The van der Waals surface area contributed by atoms with Gasteiger partial charge in [-0.15, -0.1) is 0 Å². The molecule has 2 fully saturated rings. The summed E-state index contributed by atoms with van der Waals surface area (Å²) in [5.41, 5.74) is 0. The van der Waals surface area contributed by atoms with E-state index in [0.29, 0.717) is 13.2 Å². The Morgan fingerprint density at radius 2 is 1.56 bits per heavy atom. The van der Waals surface area contributed by atoms with Gasteiger partial charge in [0.15, 0.2) is 0 Å². The molecule has 0 bridgehead atoms. The summed E-state index contributed by atoms with van der Waals surface area (Å²) in [7, 11) is -2.80. The summed E-state index contributed by atoms with van der Waals surface area (Å²) < 4.78 is 18.2. The van der Waals surface area contributed by atoms with Crippen molar-refractivity contribution in [2.75, 3.05) is 13.2 Å². The van der Waals surface area contributed by atoms with Crippen LogP contribution in [0.2, 0.25) is 10.1 Å². The van der Waals surface area contributed by atoms with Crippen LogP contribution in [0.4, 0.5) is 0 Å². The van der Waals surface area contributed by atoms with Crippen LogP contribution in [0.1, 0.15) is 41.5 Å². The zero-order valence-corrected chi connectivity index (χ0v) is 13.6. The molecular formula is C13H27O4Si-. The van der Waals surface area contributed by atoms with Gasteiger partial charge in [-0.3, -0.25) is 0 Å². The summed E-state index contributed by atoms with van der Waals surface area (Å²) in [6.45, 7) is 14.0. The van der Waals surface area contributed by atoms with Gasteiger partial charge in [0.2, 0.25) is 0 Å². The summed E-state index contributed by atoms with van der Waals surface area (Å²) in [6, 6.07) is 0. The van der Waals surface area contributed by atoms with Crippen molar-refractivity contribution < 1.29 is 18.7 Å². The molecule has 1 unspecified atom stereocenters. The van der Waals surface area contributed by atoms with E-state index in [1.165, 1.54) is 0 Å². The Labute approximate surface area is 111 Å². The molecule has 3 atom stereocenters. The topological polar surface area (TPSA) is 47.9 Å². The van der Waals surface area contributed by atoms with E-state index in [2.05, 4.69) is 41.5 Å². The Balaban J connectivity index is 2.33. The SMILES string of the molecule is CC(C)(C)[SiH-]1(C(C)(C)C)OCC2OC[C@H](O)[C@@H]2O1. The second-order valence-corrected chi connectivity index (χ2v) is 13.3. The fraction of sp³-hybridized carbons (Fsp3) is 1.00. The molecule has 0 aromatic rings. The summed E-state index contributed by atoms with van der Waals surface area (Å²) in [5.74, 6) is 0. The number of rotatable bonds is 0. The standard InChI is InChI=1S/C13H27O4Si/c1-12(2,3)18(13(4,5)6)16-8-10-11(17-18)9(14)7-15-10/h9-11,14,18H,7-8H2,1-6H3/q-1/t9-,10?,11-/m0/s1. The maximum absolute atomic E-state index is 10.0. The molecule has 2 aliphatic heterocycles. The number of fused-ring (bicyclic) bond motifs is 1. The molecule has 18 heavy (non-hydrogen) atoms. The molecule has 1 N–H and O–H groups in total. The number of hydrogen-bond donors (Lipinski definition) is 1. The van der Waals surface area contributed by atoms with Gasteiger partial charge in [0.25, 0.3) is 0 Å². The van der Waals surface area contributed by atoms with Gasteiger partial charge in [0.05, 0.1) is 0 Å². The Morgan fingerprint density at radius 1 is 1.00 bits per heavy atom. The Kier molecular flexibility index (Phi) is 3.44. The van der Waals surface area contributed by atoms with Crippen LogP contribution >= 0.6 is 0 Å². The number of aliphatic hydroxyl groups is 1. The molecule has 0 amide bonds. The van der Waals surface area contributed by atoms with Gasteiger partial charge < -0.3 is 0 Å². The average molecular weight is 275 g/mol. The predicted octanol–water partition coefficient (Wildman–Crippen LogP) is 1.94. The summed E-state index contributed by atoms with van der Waals surface area (Å²) >= 11 is 0. The van der Waals surface area contributed by atoms with E-state index in [1.54, 1.807) is 0 Å². The van der Waals surface area contributed by atoms with Crippen LogP contribution in [-0.2, 0) is 13.6 Å². The summed E-state index contributed by atoms with van der Waals surface area (Å²) in [4.78, 5) is 0. The Hall–Kier alpha value is 0.0569. The van der Waals surface area contributed by atoms with Crippen molar-refractivity contribution in [2.45, 2.75) is 69.9 Å². The molecule has 0 aromatic carbocycles. The van der Waals surface area contributed by atoms with E-state index in [4.69, 9.17) is 13.6 Å². The zero-order valence-electron chi connectivity index (χ0n) is 12.4. The number of ether oxygens (including phenoxy) is 1. The van der Waals surface area contributed by atoms with Gasteiger partial charge >= 0.3 is 110 Å². The second kappa shape index (κ2) is 4.28. The van der Waals surface area contributed by atoms with Crippen molar-refractivity contribution in [3.8, 4) is 0 Å². The van der Waals surface area contributed by atoms with Crippen LogP contribution in [0.3, 0.4) is 0 Å². The molecule has 0 aromatic heterocycles. The molecular weight excluding hydrogens is 248 g/mol. The molecule has 2 saturated heterocycles. The Bertz CT molecular complexity index is 304. The van der Waals surface area contributed by atoms with Gasteiger partial charge in [0.1, 0.15) is 0 Å². The zero-order chi connectivity index (χ0) is 13.8. The van der Waals surface area contributed by atoms with E-state index in [1.807, 2.05) is 0 Å². The minimum atomic E-state index is -2.80. The quantitative estimate of drug-likeness (QED) is 0.686. The van der Waals surface area contributed by atoms with Crippen molar-refractivity contribution in [1.29, 1.82) is 0 Å². The van der Waals surface area contributed by atoms with Gasteiger partial charge in [-0.1, -0.05) is 0 Å². The summed E-state index contributed by atoms with van der Waals surface area (Å²) in [6.07, 6.45) is -0.817. The van der Waals surface area contributed by atoms with Crippen LogP contribution in [0.25, 0.3) is 0 Å². The molecule has 5 heteroatoms. The first-order valence-electron chi connectivity index (χ1n) is 6.84.